The molecule has 3 rings (SSSR count). The van der Waals surface area contributed by atoms with Crippen molar-refractivity contribution in [2.75, 3.05) is 7.11 Å². The topological polar surface area (TPSA) is 72.5 Å². The standard InChI is InChI=1S/C23H23NO4S/c1-28-22(25)17-14-18-12-15-20(16-13-18)23(19-8-4-2-5-9-19)24-29(26,27)21-10-6-3-7-11-21/h2-13,15-16,23-24H,14,17H2,1H3. The summed E-state index contributed by atoms with van der Waals surface area (Å²) in [5.41, 5.74) is 2.64. The molecule has 0 aliphatic carbocycles. The van der Waals surface area contributed by atoms with Crippen LogP contribution in [0.5, 0.6) is 0 Å². The number of benzene rings is 3. The summed E-state index contributed by atoms with van der Waals surface area (Å²) in [4.78, 5) is 11.6. The van der Waals surface area contributed by atoms with Crippen LogP contribution in [0, 0.1) is 0 Å². The van der Waals surface area contributed by atoms with Gasteiger partial charge in [-0.05, 0) is 35.2 Å². The second-order valence-corrected chi connectivity index (χ2v) is 8.31. The summed E-state index contributed by atoms with van der Waals surface area (Å²) in [5, 5.41) is 0. The minimum Gasteiger partial charge on any atom is -0.469 e. The number of nitrogens with one attached hydrogen (secondary N) is 1. The Labute approximate surface area is 171 Å². The number of carbonyl (C=O) groups is 1. The van der Waals surface area contributed by atoms with Gasteiger partial charge in [0, 0.05) is 6.42 Å². The van der Waals surface area contributed by atoms with Crippen LogP contribution in [0.3, 0.4) is 0 Å². The Morgan fingerprint density at radius 1 is 0.862 bits per heavy atom. The number of aryl methyl sites for hydroxylation is 1. The van der Waals surface area contributed by atoms with Crippen molar-refractivity contribution in [1.82, 2.24) is 4.72 Å². The van der Waals surface area contributed by atoms with E-state index < -0.39 is 16.1 Å². The van der Waals surface area contributed by atoms with E-state index >= 15 is 0 Å². The first-order chi connectivity index (χ1) is 14.0. The van der Waals surface area contributed by atoms with Gasteiger partial charge in [0.05, 0.1) is 18.0 Å². The summed E-state index contributed by atoms with van der Waals surface area (Å²) < 4.78 is 33.3. The third-order valence-corrected chi connectivity index (χ3v) is 6.06. The Hall–Kier alpha value is -2.96. The van der Waals surface area contributed by atoms with Crippen molar-refractivity contribution >= 4 is 16.0 Å². The average molecular weight is 410 g/mol. The monoisotopic (exact) mass is 409 g/mol. The molecule has 0 aromatic heterocycles. The number of hydrogen-bond donors (Lipinski definition) is 1. The van der Waals surface area contributed by atoms with E-state index in [0.717, 1.165) is 16.7 Å². The molecule has 0 aliphatic heterocycles. The predicted octanol–water partition coefficient (Wildman–Crippen LogP) is 3.86. The molecule has 0 amide bonds. The highest BCUT2D eigenvalue weighted by atomic mass is 32.2. The first-order valence-corrected chi connectivity index (χ1v) is 10.8. The molecule has 0 radical (unpaired) electrons. The minimum atomic E-state index is -3.70. The van der Waals surface area contributed by atoms with Gasteiger partial charge in [0.1, 0.15) is 0 Å². The van der Waals surface area contributed by atoms with Gasteiger partial charge in [0.2, 0.25) is 10.0 Å². The van der Waals surface area contributed by atoms with E-state index in [1.807, 2.05) is 54.6 Å². The highest BCUT2D eigenvalue weighted by Crippen LogP contribution is 2.25. The van der Waals surface area contributed by atoms with Gasteiger partial charge in [-0.2, -0.15) is 4.72 Å². The van der Waals surface area contributed by atoms with Crippen molar-refractivity contribution in [3.8, 4) is 0 Å². The zero-order chi connectivity index (χ0) is 20.7. The van der Waals surface area contributed by atoms with E-state index in [-0.39, 0.29) is 10.9 Å². The van der Waals surface area contributed by atoms with E-state index in [0.29, 0.717) is 12.8 Å². The maximum atomic E-state index is 12.9. The first kappa shape index (κ1) is 20.8. The Bertz CT molecular complexity index is 1030. The summed E-state index contributed by atoms with van der Waals surface area (Å²) in [5.74, 6) is -0.258. The van der Waals surface area contributed by atoms with Crippen LogP contribution >= 0.6 is 0 Å². The van der Waals surface area contributed by atoms with Gasteiger partial charge in [0.15, 0.2) is 0 Å². The zero-order valence-corrected chi connectivity index (χ0v) is 16.9. The summed E-state index contributed by atoms with van der Waals surface area (Å²) in [7, 11) is -2.33. The SMILES string of the molecule is COC(=O)CCc1ccc(C(NS(=O)(=O)c2ccccc2)c2ccccc2)cc1. The van der Waals surface area contributed by atoms with Crippen molar-refractivity contribution in [3.05, 3.63) is 102 Å². The normalized spacial score (nSPS) is 12.3. The molecule has 3 aromatic rings. The summed E-state index contributed by atoms with van der Waals surface area (Å²) >= 11 is 0. The molecule has 5 nitrogen and oxygen atoms in total. The largest absolute Gasteiger partial charge is 0.469 e. The van der Waals surface area contributed by atoms with Crippen LogP contribution in [0.4, 0.5) is 0 Å². The highest BCUT2D eigenvalue weighted by Gasteiger charge is 2.22. The van der Waals surface area contributed by atoms with Crippen LogP contribution in [-0.2, 0) is 26.0 Å². The van der Waals surface area contributed by atoms with Gasteiger partial charge in [-0.15, -0.1) is 0 Å². The number of ether oxygens (including phenoxy) is 1. The molecule has 0 saturated heterocycles. The van der Waals surface area contributed by atoms with Crippen LogP contribution in [0.2, 0.25) is 0 Å². The summed E-state index contributed by atoms with van der Waals surface area (Å²) in [6.07, 6.45) is 0.872. The molecule has 3 aromatic carbocycles. The summed E-state index contributed by atoms with van der Waals surface area (Å²) in [6.45, 7) is 0. The molecule has 1 unspecified atom stereocenters. The number of sulfonamides is 1. The van der Waals surface area contributed by atoms with Gasteiger partial charge in [0.25, 0.3) is 0 Å². The fourth-order valence-corrected chi connectivity index (χ4v) is 4.26. The fourth-order valence-electron chi connectivity index (χ4n) is 3.02. The van der Waals surface area contributed by atoms with E-state index in [1.165, 1.54) is 7.11 Å². The van der Waals surface area contributed by atoms with Crippen LogP contribution in [-0.4, -0.2) is 21.5 Å². The van der Waals surface area contributed by atoms with Crippen LogP contribution in [0.1, 0.15) is 29.2 Å². The molecule has 0 bridgehead atoms. The number of carbonyl (C=O) groups excluding carboxylic acids is 1. The van der Waals surface area contributed by atoms with Gasteiger partial charge < -0.3 is 4.74 Å². The fraction of sp³-hybridized carbons (Fsp3) is 0.174. The van der Waals surface area contributed by atoms with E-state index in [1.54, 1.807) is 30.3 Å². The second kappa shape index (κ2) is 9.49. The lowest BCUT2D eigenvalue weighted by Crippen LogP contribution is -2.29. The Kier molecular flexibility index (Phi) is 6.80. The van der Waals surface area contributed by atoms with Gasteiger partial charge >= 0.3 is 5.97 Å². The van der Waals surface area contributed by atoms with Crippen LogP contribution < -0.4 is 4.72 Å². The van der Waals surface area contributed by atoms with Crippen LogP contribution in [0.25, 0.3) is 0 Å². The smallest absolute Gasteiger partial charge is 0.305 e. The quantitative estimate of drug-likeness (QED) is 0.574. The van der Waals surface area contributed by atoms with Crippen molar-refractivity contribution in [2.45, 2.75) is 23.8 Å². The molecule has 1 atom stereocenters. The molecule has 1 N–H and O–H groups in total. The molecular weight excluding hydrogens is 386 g/mol. The average Bonchev–Trinajstić information content (AvgIpc) is 2.77. The van der Waals surface area contributed by atoms with Crippen molar-refractivity contribution in [1.29, 1.82) is 0 Å². The predicted molar refractivity (Wildman–Crippen MR) is 112 cm³/mol. The molecule has 0 heterocycles. The summed E-state index contributed by atoms with van der Waals surface area (Å²) in [6, 6.07) is 24.8. The molecule has 0 saturated carbocycles. The van der Waals surface area contributed by atoms with Gasteiger partial charge in [-0.25, -0.2) is 8.42 Å². The van der Waals surface area contributed by atoms with E-state index in [9.17, 15) is 13.2 Å². The lowest BCUT2D eigenvalue weighted by Gasteiger charge is -2.20. The van der Waals surface area contributed by atoms with Crippen molar-refractivity contribution in [2.24, 2.45) is 0 Å². The highest BCUT2D eigenvalue weighted by molar-refractivity contribution is 7.89. The van der Waals surface area contributed by atoms with E-state index in [4.69, 9.17) is 0 Å². The van der Waals surface area contributed by atoms with Crippen molar-refractivity contribution < 1.29 is 17.9 Å². The first-order valence-electron chi connectivity index (χ1n) is 9.27. The number of hydrogen-bond acceptors (Lipinski definition) is 4. The number of esters is 1. The van der Waals surface area contributed by atoms with Gasteiger partial charge in [-0.3, -0.25) is 4.79 Å². The molecule has 29 heavy (non-hydrogen) atoms. The second-order valence-electron chi connectivity index (χ2n) is 6.60. The third-order valence-electron chi connectivity index (χ3n) is 4.62. The molecule has 0 fully saturated rings. The van der Waals surface area contributed by atoms with Crippen molar-refractivity contribution in [3.63, 3.8) is 0 Å². The van der Waals surface area contributed by atoms with E-state index in [2.05, 4.69) is 9.46 Å². The Morgan fingerprint density at radius 3 is 2.00 bits per heavy atom. The molecule has 0 aliphatic rings. The molecule has 150 valence electrons. The maximum absolute atomic E-state index is 12.9. The maximum Gasteiger partial charge on any atom is 0.305 e. The Morgan fingerprint density at radius 2 is 1.41 bits per heavy atom. The third kappa shape index (κ3) is 5.53. The molecule has 0 spiro atoms. The zero-order valence-electron chi connectivity index (χ0n) is 16.1. The lowest BCUT2D eigenvalue weighted by atomic mass is 9.98. The molecular formula is C23H23NO4S. The minimum absolute atomic E-state index is 0.218. The number of methoxy groups -OCH3 is 1. The lowest BCUT2D eigenvalue weighted by molar-refractivity contribution is -0.140. The van der Waals surface area contributed by atoms with Crippen LogP contribution in [0.15, 0.2) is 89.8 Å². The van der Waals surface area contributed by atoms with Gasteiger partial charge in [-0.1, -0.05) is 72.8 Å². The Balaban J connectivity index is 1.88. The number of rotatable bonds is 8. The molecule has 6 heteroatoms.